The fourth-order valence-corrected chi connectivity index (χ4v) is 1.10. The Hall–Kier alpha value is -1.30. The van der Waals surface area contributed by atoms with E-state index < -0.39 is 17.9 Å². The van der Waals surface area contributed by atoms with Gasteiger partial charge in [-0.1, -0.05) is 0 Å². The van der Waals surface area contributed by atoms with Crippen LogP contribution in [0.4, 0.5) is 17.6 Å². The highest BCUT2D eigenvalue weighted by atomic mass is 19.4. The van der Waals surface area contributed by atoms with Crippen molar-refractivity contribution in [2.75, 3.05) is 7.05 Å². The van der Waals surface area contributed by atoms with Gasteiger partial charge in [0.1, 0.15) is 11.6 Å². The Morgan fingerprint density at radius 3 is 2.53 bits per heavy atom. The summed E-state index contributed by atoms with van der Waals surface area (Å²) in [6, 6.07) is 2.87. The molecule has 1 aromatic carbocycles. The summed E-state index contributed by atoms with van der Waals surface area (Å²) >= 11 is 0. The van der Waals surface area contributed by atoms with Crippen molar-refractivity contribution >= 4 is 0 Å². The van der Waals surface area contributed by atoms with Crippen molar-refractivity contribution in [3.8, 4) is 5.75 Å². The predicted molar refractivity (Wildman–Crippen MR) is 45.8 cm³/mol. The molecule has 0 saturated heterocycles. The normalized spacial score (nSPS) is 11.5. The number of hydrogen-bond donors (Lipinski definition) is 1. The van der Waals surface area contributed by atoms with Gasteiger partial charge in [-0.05, 0) is 25.2 Å². The van der Waals surface area contributed by atoms with Crippen LogP contribution in [0.5, 0.6) is 5.75 Å². The highest BCUT2D eigenvalue weighted by molar-refractivity contribution is 5.34. The molecule has 0 aromatic heterocycles. The van der Waals surface area contributed by atoms with E-state index in [1.165, 1.54) is 0 Å². The minimum atomic E-state index is -4.76. The Morgan fingerprint density at radius 1 is 1.33 bits per heavy atom. The minimum Gasteiger partial charge on any atom is -0.405 e. The molecule has 0 amide bonds. The van der Waals surface area contributed by atoms with Crippen LogP contribution in [0.25, 0.3) is 0 Å². The summed E-state index contributed by atoms with van der Waals surface area (Å²) in [4.78, 5) is 0. The zero-order valence-corrected chi connectivity index (χ0v) is 7.86. The van der Waals surface area contributed by atoms with Gasteiger partial charge in [0.2, 0.25) is 0 Å². The van der Waals surface area contributed by atoms with Crippen molar-refractivity contribution in [2.45, 2.75) is 12.9 Å². The molecule has 0 aliphatic rings. The number of ether oxygens (including phenoxy) is 1. The largest absolute Gasteiger partial charge is 0.573 e. The van der Waals surface area contributed by atoms with Gasteiger partial charge in [-0.15, -0.1) is 13.2 Å². The average molecular weight is 223 g/mol. The average Bonchev–Trinajstić information content (AvgIpc) is 2.08. The summed E-state index contributed by atoms with van der Waals surface area (Å²) in [5, 5.41) is 2.62. The molecule has 1 aromatic rings. The highest BCUT2D eigenvalue weighted by Crippen LogP contribution is 2.26. The zero-order chi connectivity index (χ0) is 11.5. The second-order valence-electron chi connectivity index (χ2n) is 2.83. The Morgan fingerprint density at radius 2 is 2.00 bits per heavy atom. The van der Waals surface area contributed by atoms with Crippen LogP contribution in [-0.2, 0) is 6.54 Å². The fraction of sp³-hybridized carbons (Fsp3) is 0.333. The summed E-state index contributed by atoms with van der Waals surface area (Å²) in [6.45, 7) is 0.100. The first-order valence-electron chi connectivity index (χ1n) is 4.11. The number of rotatable bonds is 3. The lowest BCUT2D eigenvalue weighted by Gasteiger charge is -2.12. The van der Waals surface area contributed by atoms with Gasteiger partial charge in [0.05, 0.1) is 0 Å². The molecule has 1 rings (SSSR count). The lowest BCUT2D eigenvalue weighted by Crippen LogP contribution is -2.19. The van der Waals surface area contributed by atoms with Gasteiger partial charge in [0.15, 0.2) is 0 Å². The lowest BCUT2D eigenvalue weighted by atomic mass is 10.2. The Balaban J connectivity index is 2.95. The summed E-state index contributed by atoms with van der Waals surface area (Å²) in [7, 11) is 1.54. The van der Waals surface area contributed by atoms with Crippen LogP contribution in [0.15, 0.2) is 18.2 Å². The van der Waals surface area contributed by atoms with Crippen molar-refractivity contribution in [1.82, 2.24) is 5.32 Å². The van der Waals surface area contributed by atoms with Crippen molar-refractivity contribution in [1.29, 1.82) is 0 Å². The van der Waals surface area contributed by atoms with Crippen LogP contribution in [0.1, 0.15) is 5.56 Å². The Bertz CT molecular complexity index is 337. The van der Waals surface area contributed by atoms with Crippen LogP contribution < -0.4 is 10.1 Å². The Labute approximate surface area is 83.9 Å². The lowest BCUT2D eigenvalue weighted by molar-refractivity contribution is -0.274. The first-order chi connectivity index (χ1) is 6.92. The molecule has 0 spiro atoms. The van der Waals surface area contributed by atoms with Crippen LogP contribution in [0, 0.1) is 5.82 Å². The van der Waals surface area contributed by atoms with E-state index in [0.29, 0.717) is 0 Å². The smallest absolute Gasteiger partial charge is 0.405 e. The number of hydrogen-bond acceptors (Lipinski definition) is 2. The monoisotopic (exact) mass is 223 g/mol. The quantitative estimate of drug-likeness (QED) is 0.794. The Kier molecular flexibility index (Phi) is 3.52. The summed E-state index contributed by atoms with van der Waals surface area (Å²) in [6.07, 6.45) is -4.76. The van der Waals surface area contributed by atoms with E-state index in [-0.39, 0.29) is 12.1 Å². The van der Waals surface area contributed by atoms with Crippen LogP contribution in [0.2, 0.25) is 0 Å². The predicted octanol–water partition coefficient (Wildman–Crippen LogP) is 2.44. The van der Waals surface area contributed by atoms with Crippen LogP contribution in [0.3, 0.4) is 0 Å². The maximum absolute atomic E-state index is 12.7. The van der Waals surface area contributed by atoms with Gasteiger partial charge in [-0.2, -0.15) is 0 Å². The topological polar surface area (TPSA) is 21.3 Å². The summed E-state index contributed by atoms with van der Waals surface area (Å²) in [5.41, 5.74) is 0.120. The van der Waals surface area contributed by atoms with Crippen LogP contribution >= 0.6 is 0 Å². The van der Waals surface area contributed by atoms with Gasteiger partial charge >= 0.3 is 6.36 Å². The number of nitrogens with one attached hydrogen (secondary N) is 1. The van der Waals surface area contributed by atoms with E-state index in [2.05, 4.69) is 10.1 Å². The molecule has 0 aliphatic carbocycles. The molecular weight excluding hydrogens is 214 g/mol. The van der Waals surface area contributed by atoms with E-state index in [1.54, 1.807) is 7.05 Å². The van der Waals surface area contributed by atoms with Gasteiger partial charge in [0.25, 0.3) is 0 Å². The van der Waals surface area contributed by atoms with Gasteiger partial charge in [-0.25, -0.2) is 4.39 Å². The summed E-state index contributed by atoms with van der Waals surface area (Å²) < 4.78 is 52.2. The van der Waals surface area contributed by atoms with E-state index in [1.807, 2.05) is 0 Å². The first kappa shape index (κ1) is 11.8. The second kappa shape index (κ2) is 4.48. The first-order valence-corrected chi connectivity index (χ1v) is 4.11. The van der Waals surface area contributed by atoms with Crippen LogP contribution in [-0.4, -0.2) is 13.4 Å². The third-order valence-corrected chi connectivity index (χ3v) is 1.62. The second-order valence-corrected chi connectivity index (χ2v) is 2.83. The maximum atomic E-state index is 12.7. The van der Waals surface area contributed by atoms with E-state index >= 15 is 0 Å². The maximum Gasteiger partial charge on any atom is 0.573 e. The molecule has 6 heteroatoms. The standard InChI is InChI=1S/C9H9F4NO/c1-14-5-6-4-7(10)2-3-8(6)15-9(11,12)13/h2-4,14H,5H2,1H3. The van der Waals surface area contributed by atoms with Gasteiger partial charge in [0, 0.05) is 12.1 Å². The SMILES string of the molecule is CNCc1cc(F)ccc1OC(F)(F)F. The molecule has 0 aliphatic heterocycles. The van der Waals surface area contributed by atoms with Gasteiger partial charge in [-0.3, -0.25) is 0 Å². The summed E-state index contributed by atoms with van der Waals surface area (Å²) in [5.74, 6) is -0.993. The van der Waals surface area contributed by atoms with E-state index in [0.717, 1.165) is 18.2 Å². The number of alkyl halides is 3. The molecule has 15 heavy (non-hydrogen) atoms. The number of halogens is 4. The fourth-order valence-electron chi connectivity index (χ4n) is 1.10. The molecule has 0 atom stereocenters. The van der Waals surface area contributed by atoms with Crippen molar-refractivity contribution in [3.05, 3.63) is 29.6 Å². The van der Waals surface area contributed by atoms with Crippen molar-refractivity contribution in [3.63, 3.8) is 0 Å². The number of benzene rings is 1. The highest BCUT2D eigenvalue weighted by Gasteiger charge is 2.32. The molecule has 0 bridgehead atoms. The molecule has 0 radical (unpaired) electrons. The molecule has 0 saturated carbocycles. The van der Waals surface area contributed by atoms with Gasteiger partial charge < -0.3 is 10.1 Å². The molecule has 84 valence electrons. The molecule has 2 nitrogen and oxygen atoms in total. The third-order valence-electron chi connectivity index (χ3n) is 1.62. The zero-order valence-electron chi connectivity index (χ0n) is 7.86. The van der Waals surface area contributed by atoms with Crippen molar-refractivity contribution in [2.24, 2.45) is 0 Å². The molecular formula is C9H9F4NO. The third kappa shape index (κ3) is 3.75. The molecule has 0 unspecified atom stereocenters. The molecule has 0 fully saturated rings. The van der Waals surface area contributed by atoms with Crippen molar-refractivity contribution < 1.29 is 22.3 Å². The van der Waals surface area contributed by atoms with E-state index in [9.17, 15) is 17.6 Å². The minimum absolute atomic E-state index is 0.100. The molecule has 0 heterocycles. The van der Waals surface area contributed by atoms with E-state index in [4.69, 9.17) is 0 Å². The molecule has 1 N–H and O–H groups in total.